The standard InChI is InChI=1S/C24H27FN4O4/c1-4-12-29-15(3)20(22(30)33-5-2)21(28-24(29)32)16-8-6-10-18(13-16)26-23(31)27-19-11-7-9-17(25)14-19/h6-11,13-14,21H,4-5,12H2,1-3H3,(H,28,32)(H2,26,27,31). The average Bonchev–Trinajstić information content (AvgIpc) is 2.76. The highest BCUT2D eigenvalue weighted by molar-refractivity contribution is 6.00. The molecule has 1 unspecified atom stereocenters. The molecule has 0 radical (unpaired) electrons. The van der Waals surface area contributed by atoms with Crippen molar-refractivity contribution in [2.45, 2.75) is 33.2 Å². The van der Waals surface area contributed by atoms with Crippen LogP contribution < -0.4 is 16.0 Å². The van der Waals surface area contributed by atoms with E-state index in [-0.39, 0.29) is 12.6 Å². The van der Waals surface area contributed by atoms with Gasteiger partial charge in [-0.15, -0.1) is 0 Å². The summed E-state index contributed by atoms with van der Waals surface area (Å²) >= 11 is 0. The van der Waals surface area contributed by atoms with Crippen LogP contribution in [0.15, 0.2) is 59.8 Å². The fraction of sp³-hybridized carbons (Fsp3) is 0.292. The van der Waals surface area contributed by atoms with Crippen LogP contribution in [0.1, 0.15) is 38.8 Å². The molecular formula is C24H27FN4O4. The van der Waals surface area contributed by atoms with Crippen molar-refractivity contribution in [3.63, 3.8) is 0 Å². The van der Waals surface area contributed by atoms with Gasteiger partial charge in [-0.05, 0) is 56.2 Å². The minimum Gasteiger partial charge on any atom is -0.463 e. The molecule has 1 aliphatic heterocycles. The Kier molecular flexibility index (Phi) is 7.66. The van der Waals surface area contributed by atoms with Crippen molar-refractivity contribution in [2.75, 3.05) is 23.8 Å². The third kappa shape index (κ3) is 5.68. The molecule has 0 aliphatic carbocycles. The van der Waals surface area contributed by atoms with Crippen LogP contribution in [0.25, 0.3) is 0 Å². The number of esters is 1. The number of halogens is 1. The van der Waals surface area contributed by atoms with Crippen molar-refractivity contribution in [3.8, 4) is 0 Å². The quantitative estimate of drug-likeness (QED) is 0.524. The van der Waals surface area contributed by atoms with E-state index in [1.165, 1.54) is 23.1 Å². The fourth-order valence-corrected chi connectivity index (χ4v) is 3.65. The molecule has 2 aromatic carbocycles. The van der Waals surface area contributed by atoms with Crippen LogP contribution in [0.3, 0.4) is 0 Å². The number of anilines is 2. The highest BCUT2D eigenvalue weighted by Gasteiger charge is 2.36. The predicted octanol–water partition coefficient (Wildman–Crippen LogP) is 4.78. The van der Waals surface area contributed by atoms with Crippen LogP contribution in [-0.2, 0) is 9.53 Å². The summed E-state index contributed by atoms with van der Waals surface area (Å²) in [6.07, 6.45) is 0.728. The summed E-state index contributed by atoms with van der Waals surface area (Å²) in [4.78, 5) is 39.4. The second-order valence-corrected chi connectivity index (χ2v) is 7.47. The van der Waals surface area contributed by atoms with Gasteiger partial charge in [-0.1, -0.05) is 25.1 Å². The minimum atomic E-state index is -0.738. The SMILES string of the molecule is CCCN1C(=O)NC(c2cccc(NC(=O)Nc3cccc(F)c3)c2)C(C(=O)OCC)=C1C. The van der Waals surface area contributed by atoms with Crippen molar-refractivity contribution in [3.05, 3.63) is 71.2 Å². The van der Waals surface area contributed by atoms with Gasteiger partial charge in [-0.25, -0.2) is 18.8 Å². The molecule has 0 fully saturated rings. The number of benzene rings is 2. The zero-order valence-corrected chi connectivity index (χ0v) is 18.8. The van der Waals surface area contributed by atoms with Gasteiger partial charge in [0.25, 0.3) is 0 Å². The first kappa shape index (κ1) is 23.8. The minimum absolute atomic E-state index is 0.200. The van der Waals surface area contributed by atoms with E-state index in [2.05, 4.69) is 16.0 Å². The number of ether oxygens (including phenoxy) is 1. The largest absolute Gasteiger partial charge is 0.463 e. The molecule has 33 heavy (non-hydrogen) atoms. The molecule has 3 rings (SSSR count). The van der Waals surface area contributed by atoms with Gasteiger partial charge in [0, 0.05) is 23.6 Å². The van der Waals surface area contributed by atoms with E-state index in [1.54, 1.807) is 44.2 Å². The van der Waals surface area contributed by atoms with Gasteiger partial charge < -0.3 is 20.7 Å². The van der Waals surface area contributed by atoms with Gasteiger partial charge in [-0.3, -0.25) is 4.90 Å². The summed E-state index contributed by atoms with van der Waals surface area (Å²) < 4.78 is 18.6. The number of allylic oxidation sites excluding steroid dienone is 1. The summed E-state index contributed by atoms with van der Waals surface area (Å²) in [5.41, 5.74) is 2.22. The molecule has 1 aliphatic rings. The lowest BCUT2D eigenvalue weighted by Crippen LogP contribution is -2.48. The number of carbonyl (C=O) groups is 3. The van der Waals surface area contributed by atoms with Crippen molar-refractivity contribution in [1.29, 1.82) is 0 Å². The molecule has 0 spiro atoms. The van der Waals surface area contributed by atoms with Crippen molar-refractivity contribution >= 4 is 29.4 Å². The molecule has 9 heteroatoms. The summed E-state index contributed by atoms with van der Waals surface area (Å²) in [6.45, 7) is 6.06. The molecule has 1 heterocycles. The predicted molar refractivity (Wildman–Crippen MR) is 123 cm³/mol. The van der Waals surface area contributed by atoms with E-state index >= 15 is 0 Å². The number of nitrogens with one attached hydrogen (secondary N) is 3. The van der Waals surface area contributed by atoms with Gasteiger partial charge in [0.2, 0.25) is 0 Å². The maximum Gasteiger partial charge on any atom is 0.338 e. The summed E-state index contributed by atoms with van der Waals surface area (Å²) in [7, 11) is 0. The molecule has 174 valence electrons. The number of nitrogens with zero attached hydrogens (tertiary/aromatic N) is 1. The van der Waals surface area contributed by atoms with Crippen molar-refractivity contribution < 1.29 is 23.5 Å². The molecule has 8 nitrogen and oxygen atoms in total. The van der Waals surface area contributed by atoms with E-state index in [0.29, 0.717) is 34.8 Å². The maximum atomic E-state index is 13.3. The Hall–Kier alpha value is -3.88. The molecule has 2 aromatic rings. The normalized spacial score (nSPS) is 15.7. The molecule has 0 aromatic heterocycles. The van der Waals surface area contributed by atoms with E-state index < -0.39 is 23.9 Å². The first-order chi connectivity index (χ1) is 15.8. The Morgan fingerprint density at radius 1 is 1.09 bits per heavy atom. The number of rotatable bonds is 7. The number of hydrogen-bond acceptors (Lipinski definition) is 4. The van der Waals surface area contributed by atoms with Gasteiger partial charge in [0.1, 0.15) is 5.82 Å². The monoisotopic (exact) mass is 454 g/mol. The molecule has 3 N–H and O–H groups in total. The van der Waals surface area contributed by atoms with Crippen molar-refractivity contribution in [2.24, 2.45) is 0 Å². The lowest BCUT2D eigenvalue weighted by atomic mass is 9.94. The second-order valence-electron chi connectivity index (χ2n) is 7.47. The zero-order chi connectivity index (χ0) is 24.0. The molecule has 0 saturated carbocycles. The van der Waals surface area contributed by atoms with E-state index in [9.17, 15) is 18.8 Å². The number of amides is 4. The fourth-order valence-electron chi connectivity index (χ4n) is 3.65. The third-order valence-electron chi connectivity index (χ3n) is 5.10. The first-order valence-electron chi connectivity index (χ1n) is 10.7. The van der Waals surface area contributed by atoms with Gasteiger partial charge in [0.05, 0.1) is 18.2 Å². The number of hydrogen-bond donors (Lipinski definition) is 3. The Morgan fingerprint density at radius 3 is 2.39 bits per heavy atom. The second kappa shape index (κ2) is 10.6. The van der Waals surface area contributed by atoms with Gasteiger partial charge in [0.15, 0.2) is 0 Å². The molecule has 1 atom stereocenters. The lowest BCUT2D eigenvalue weighted by Gasteiger charge is -2.35. The lowest BCUT2D eigenvalue weighted by molar-refractivity contribution is -0.139. The smallest absolute Gasteiger partial charge is 0.338 e. The Morgan fingerprint density at radius 2 is 1.76 bits per heavy atom. The highest BCUT2D eigenvalue weighted by atomic mass is 19.1. The van der Waals surface area contributed by atoms with Crippen LogP contribution in [-0.4, -0.2) is 36.1 Å². The summed E-state index contributed by atoms with van der Waals surface area (Å²) in [6, 6.07) is 10.7. The number of urea groups is 2. The first-order valence-corrected chi connectivity index (χ1v) is 10.7. The van der Waals surface area contributed by atoms with E-state index in [1.807, 2.05) is 6.92 Å². The maximum absolute atomic E-state index is 13.3. The Bertz CT molecular complexity index is 1090. The Balaban J connectivity index is 1.86. The summed E-state index contributed by atoms with van der Waals surface area (Å²) in [5, 5.41) is 8.11. The molecular weight excluding hydrogens is 427 g/mol. The molecule has 0 saturated heterocycles. The number of carbonyl (C=O) groups excluding carboxylic acids is 3. The summed E-state index contributed by atoms with van der Waals surface area (Å²) in [5.74, 6) is -0.975. The van der Waals surface area contributed by atoms with E-state index in [0.717, 1.165) is 6.42 Å². The van der Waals surface area contributed by atoms with Crippen LogP contribution in [0.4, 0.5) is 25.4 Å². The van der Waals surface area contributed by atoms with E-state index in [4.69, 9.17) is 4.74 Å². The van der Waals surface area contributed by atoms with Gasteiger partial charge in [-0.2, -0.15) is 0 Å². The topological polar surface area (TPSA) is 99.8 Å². The highest BCUT2D eigenvalue weighted by Crippen LogP contribution is 2.32. The Labute approximate surface area is 191 Å². The van der Waals surface area contributed by atoms with Crippen LogP contribution in [0, 0.1) is 5.82 Å². The third-order valence-corrected chi connectivity index (χ3v) is 5.10. The van der Waals surface area contributed by atoms with Crippen LogP contribution in [0.5, 0.6) is 0 Å². The van der Waals surface area contributed by atoms with Gasteiger partial charge >= 0.3 is 18.0 Å². The van der Waals surface area contributed by atoms with Crippen LogP contribution in [0.2, 0.25) is 0 Å². The zero-order valence-electron chi connectivity index (χ0n) is 18.8. The van der Waals surface area contributed by atoms with Crippen molar-refractivity contribution in [1.82, 2.24) is 10.2 Å². The average molecular weight is 455 g/mol. The van der Waals surface area contributed by atoms with Crippen LogP contribution >= 0.6 is 0 Å². The molecule has 0 bridgehead atoms. The molecule has 4 amide bonds.